The van der Waals surface area contributed by atoms with E-state index >= 15 is 0 Å². The molecule has 0 saturated carbocycles. The van der Waals surface area contributed by atoms with E-state index in [2.05, 4.69) is 10.1 Å². The molecule has 2 aromatic carbocycles. The van der Waals surface area contributed by atoms with Gasteiger partial charge in [-0.3, -0.25) is 9.69 Å². The second-order valence-corrected chi connectivity index (χ2v) is 5.80. The number of thiocarbonyl (C=S) groups is 1. The first-order valence-corrected chi connectivity index (χ1v) is 7.83. The predicted molar refractivity (Wildman–Crippen MR) is 95.4 cm³/mol. The maximum atomic E-state index is 12.6. The minimum absolute atomic E-state index is 0.0552. The van der Waals surface area contributed by atoms with Crippen LogP contribution in [0.4, 0.5) is 14.5 Å². The molecule has 0 aromatic heterocycles. The van der Waals surface area contributed by atoms with Crippen molar-refractivity contribution in [2.24, 2.45) is 0 Å². The molecule has 0 spiro atoms. The van der Waals surface area contributed by atoms with Gasteiger partial charge in [0, 0.05) is 0 Å². The molecular weight excluding hydrogens is 346 g/mol. The normalized spacial score (nSPS) is 15.8. The Morgan fingerprint density at radius 2 is 1.76 bits per heavy atom. The second kappa shape index (κ2) is 6.98. The van der Waals surface area contributed by atoms with Crippen molar-refractivity contribution >= 4 is 35.0 Å². The van der Waals surface area contributed by atoms with Gasteiger partial charge in [0.2, 0.25) is 0 Å². The Labute approximate surface area is 148 Å². The van der Waals surface area contributed by atoms with E-state index in [1.807, 2.05) is 31.2 Å². The van der Waals surface area contributed by atoms with Crippen molar-refractivity contribution in [3.05, 3.63) is 65.4 Å². The third-order valence-electron chi connectivity index (χ3n) is 3.59. The summed E-state index contributed by atoms with van der Waals surface area (Å²) in [4.78, 5) is 14.0. The first kappa shape index (κ1) is 17.0. The highest BCUT2D eigenvalue weighted by Crippen LogP contribution is 2.23. The Balaban J connectivity index is 1.81. The molecule has 0 radical (unpaired) electrons. The fourth-order valence-corrected chi connectivity index (χ4v) is 2.67. The van der Waals surface area contributed by atoms with E-state index in [9.17, 15) is 13.6 Å². The molecule has 1 N–H and O–H groups in total. The lowest BCUT2D eigenvalue weighted by molar-refractivity contribution is -0.113. The van der Waals surface area contributed by atoms with Crippen LogP contribution in [0.5, 0.6) is 5.75 Å². The Morgan fingerprint density at radius 1 is 1.12 bits per heavy atom. The number of amides is 1. The molecule has 0 atom stereocenters. The maximum Gasteiger partial charge on any atom is 0.387 e. The number of benzene rings is 2. The number of anilines is 1. The Morgan fingerprint density at radius 3 is 2.36 bits per heavy atom. The van der Waals surface area contributed by atoms with Gasteiger partial charge in [0.25, 0.3) is 5.91 Å². The van der Waals surface area contributed by atoms with Gasteiger partial charge in [0.1, 0.15) is 11.4 Å². The van der Waals surface area contributed by atoms with Gasteiger partial charge in [-0.15, -0.1) is 0 Å². The zero-order valence-corrected chi connectivity index (χ0v) is 14.0. The van der Waals surface area contributed by atoms with Crippen LogP contribution in [0.25, 0.3) is 6.08 Å². The molecular formula is C18H14F2N2O2S. The van der Waals surface area contributed by atoms with Crippen molar-refractivity contribution < 1.29 is 18.3 Å². The van der Waals surface area contributed by atoms with Crippen molar-refractivity contribution in [3.8, 4) is 5.75 Å². The summed E-state index contributed by atoms with van der Waals surface area (Å²) < 4.78 is 28.6. The predicted octanol–water partition coefficient (Wildman–Crippen LogP) is 3.86. The lowest BCUT2D eigenvalue weighted by Gasteiger charge is -2.13. The number of nitrogens with zero attached hydrogens (tertiary/aromatic N) is 1. The number of carbonyl (C=O) groups excluding carboxylic acids is 1. The first-order chi connectivity index (χ1) is 11.9. The molecule has 3 rings (SSSR count). The lowest BCUT2D eigenvalue weighted by Crippen LogP contribution is -2.30. The summed E-state index contributed by atoms with van der Waals surface area (Å²) in [5.74, 6) is -0.221. The van der Waals surface area contributed by atoms with E-state index in [-0.39, 0.29) is 16.8 Å². The van der Waals surface area contributed by atoms with Gasteiger partial charge in [-0.2, -0.15) is 8.78 Å². The average molecular weight is 360 g/mol. The van der Waals surface area contributed by atoms with Crippen LogP contribution in [0.1, 0.15) is 11.1 Å². The van der Waals surface area contributed by atoms with Crippen LogP contribution in [0.15, 0.2) is 54.2 Å². The monoisotopic (exact) mass is 360 g/mol. The van der Waals surface area contributed by atoms with Crippen LogP contribution >= 0.6 is 12.2 Å². The molecule has 0 aliphatic carbocycles. The lowest BCUT2D eigenvalue weighted by atomic mass is 10.1. The van der Waals surface area contributed by atoms with Crippen LogP contribution in [0, 0.1) is 6.92 Å². The zero-order chi connectivity index (χ0) is 18.0. The zero-order valence-electron chi connectivity index (χ0n) is 13.2. The molecule has 2 aromatic rings. The number of halogens is 2. The van der Waals surface area contributed by atoms with Crippen LogP contribution in [-0.4, -0.2) is 17.6 Å². The number of carbonyl (C=O) groups is 1. The molecule has 0 bridgehead atoms. The van der Waals surface area contributed by atoms with Gasteiger partial charge >= 0.3 is 6.61 Å². The van der Waals surface area contributed by atoms with Crippen molar-refractivity contribution in [2.45, 2.75) is 13.5 Å². The van der Waals surface area contributed by atoms with Gasteiger partial charge in [0.15, 0.2) is 5.11 Å². The van der Waals surface area contributed by atoms with Crippen LogP contribution in [0.3, 0.4) is 0 Å². The van der Waals surface area contributed by atoms with Gasteiger partial charge < -0.3 is 10.1 Å². The summed E-state index contributed by atoms with van der Waals surface area (Å²) in [6.07, 6.45) is 1.61. The quantitative estimate of drug-likeness (QED) is 0.664. The molecule has 1 aliphatic heterocycles. The number of hydrogen-bond acceptors (Lipinski definition) is 3. The third kappa shape index (κ3) is 3.83. The molecule has 1 aliphatic rings. The average Bonchev–Trinajstić information content (AvgIpc) is 2.84. The Hall–Kier alpha value is -2.80. The van der Waals surface area contributed by atoms with Crippen molar-refractivity contribution in [1.82, 2.24) is 5.32 Å². The summed E-state index contributed by atoms with van der Waals surface area (Å²) in [5, 5.41) is 3.17. The summed E-state index contributed by atoms with van der Waals surface area (Å²) in [6.45, 7) is -0.915. The topological polar surface area (TPSA) is 41.6 Å². The number of nitrogens with one attached hydrogen (secondary N) is 1. The Kier molecular flexibility index (Phi) is 4.76. The number of ether oxygens (including phenoxy) is 1. The smallest absolute Gasteiger partial charge is 0.387 e. The van der Waals surface area contributed by atoms with Gasteiger partial charge in [-0.1, -0.05) is 29.8 Å². The SMILES string of the molecule is Cc1ccc(N2C(=O)/C(=C\c3ccc(OC(F)F)cc3)NC2=S)cc1. The van der Waals surface area contributed by atoms with E-state index in [1.54, 1.807) is 18.2 Å². The van der Waals surface area contributed by atoms with E-state index in [1.165, 1.54) is 17.0 Å². The number of hydrogen-bond donors (Lipinski definition) is 1. The van der Waals surface area contributed by atoms with Crippen LogP contribution < -0.4 is 15.0 Å². The van der Waals surface area contributed by atoms with Gasteiger partial charge in [-0.05, 0) is 55.0 Å². The first-order valence-electron chi connectivity index (χ1n) is 7.43. The second-order valence-electron chi connectivity index (χ2n) is 5.41. The maximum absolute atomic E-state index is 12.6. The molecule has 1 saturated heterocycles. The molecule has 1 fully saturated rings. The molecule has 25 heavy (non-hydrogen) atoms. The summed E-state index contributed by atoms with van der Waals surface area (Å²) in [5.41, 5.74) is 2.73. The molecule has 1 heterocycles. The molecule has 0 unspecified atom stereocenters. The summed E-state index contributed by atoms with van der Waals surface area (Å²) >= 11 is 5.24. The van der Waals surface area contributed by atoms with Crippen molar-refractivity contribution in [3.63, 3.8) is 0 Å². The van der Waals surface area contributed by atoms with E-state index in [4.69, 9.17) is 12.2 Å². The molecule has 128 valence electrons. The van der Waals surface area contributed by atoms with Crippen molar-refractivity contribution in [1.29, 1.82) is 0 Å². The number of rotatable bonds is 4. The molecule has 4 nitrogen and oxygen atoms in total. The molecule has 1 amide bonds. The minimum atomic E-state index is -2.87. The third-order valence-corrected chi connectivity index (χ3v) is 3.87. The van der Waals surface area contributed by atoms with E-state index < -0.39 is 6.61 Å². The fraction of sp³-hybridized carbons (Fsp3) is 0.111. The molecule has 7 heteroatoms. The number of aryl methyl sites for hydroxylation is 1. The minimum Gasteiger partial charge on any atom is -0.435 e. The summed E-state index contributed by atoms with van der Waals surface area (Å²) in [6, 6.07) is 13.4. The van der Waals surface area contributed by atoms with E-state index in [0.717, 1.165) is 5.56 Å². The summed E-state index contributed by atoms with van der Waals surface area (Å²) in [7, 11) is 0. The van der Waals surface area contributed by atoms with Crippen molar-refractivity contribution in [2.75, 3.05) is 4.90 Å². The number of alkyl halides is 2. The van der Waals surface area contributed by atoms with Gasteiger partial charge in [-0.25, -0.2) is 0 Å². The highest BCUT2D eigenvalue weighted by molar-refractivity contribution is 7.80. The van der Waals surface area contributed by atoms with Crippen LogP contribution in [0.2, 0.25) is 0 Å². The Bertz CT molecular complexity index is 833. The largest absolute Gasteiger partial charge is 0.435 e. The van der Waals surface area contributed by atoms with Gasteiger partial charge in [0.05, 0.1) is 5.69 Å². The fourth-order valence-electron chi connectivity index (χ4n) is 2.38. The highest BCUT2D eigenvalue weighted by atomic mass is 32.1. The highest BCUT2D eigenvalue weighted by Gasteiger charge is 2.31. The van der Waals surface area contributed by atoms with Crippen LogP contribution in [-0.2, 0) is 4.79 Å². The standard InChI is InChI=1S/C18H14F2N2O2S/c1-11-2-6-13(7-3-11)22-16(23)15(21-18(22)25)10-12-4-8-14(9-5-12)24-17(19)20/h2-10,17H,1H3,(H,21,25)/b15-10+. The van der Waals surface area contributed by atoms with E-state index in [0.29, 0.717) is 16.9 Å².